The number of aromatic nitrogens is 1. The molecule has 5 heteroatoms. The van der Waals surface area contributed by atoms with Crippen molar-refractivity contribution in [1.29, 1.82) is 0 Å². The maximum Gasteiger partial charge on any atom is 0.222 e. The van der Waals surface area contributed by atoms with Crippen molar-refractivity contribution in [3.05, 3.63) is 36.0 Å². The molecule has 0 atom stereocenters. The molecule has 0 amide bonds. The smallest absolute Gasteiger partial charge is 0.222 e. The number of hydrogen-bond donors (Lipinski definition) is 2. The largest absolute Gasteiger partial charge is 0.504 e. The van der Waals surface area contributed by atoms with E-state index in [2.05, 4.69) is 9.68 Å². The van der Waals surface area contributed by atoms with Gasteiger partial charge in [0.1, 0.15) is 12.3 Å². The predicted molar refractivity (Wildman–Crippen MR) is 53.4 cm³/mol. The molecule has 1 aromatic carbocycles. The first kappa shape index (κ1) is 9.39. The summed E-state index contributed by atoms with van der Waals surface area (Å²) in [5.41, 5.74) is 5.92. The van der Waals surface area contributed by atoms with Gasteiger partial charge in [-0.2, -0.15) is 0 Å². The molecule has 0 aliphatic heterocycles. The van der Waals surface area contributed by atoms with Crippen molar-refractivity contribution in [2.75, 3.05) is 5.73 Å². The predicted octanol–water partition coefficient (Wildman–Crippen LogP) is 1.54. The Kier molecular flexibility index (Phi) is 2.45. The summed E-state index contributed by atoms with van der Waals surface area (Å²) in [6.07, 6.45) is 0. The van der Waals surface area contributed by atoms with Gasteiger partial charge < -0.3 is 20.1 Å². The number of hydrogen-bond acceptors (Lipinski definition) is 5. The molecule has 0 aliphatic carbocycles. The lowest BCUT2D eigenvalue weighted by Gasteiger charge is -2.04. The number of rotatable bonds is 3. The van der Waals surface area contributed by atoms with E-state index in [1.165, 1.54) is 0 Å². The van der Waals surface area contributed by atoms with Crippen LogP contribution >= 0.6 is 0 Å². The van der Waals surface area contributed by atoms with E-state index in [1.54, 1.807) is 30.3 Å². The number of phenolic OH excluding ortho intramolecular Hbond substituents is 1. The molecule has 0 unspecified atom stereocenters. The van der Waals surface area contributed by atoms with E-state index in [0.717, 1.165) is 0 Å². The van der Waals surface area contributed by atoms with Crippen molar-refractivity contribution in [2.45, 2.75) is 6.61 Å². The van der Waals surface area contributed by atoms with Crippen LogP contribution in [0.2, 0.25) is 0 Å². The van der Waals surface area contributed by atoms with Gasteiger partial charge in [-0.05, 0) is 12.1 Å². The summed E-state index contributed by atoms with van der Waals surface area (Å²) in [6, 6.07) is 8.27. The molecule has 78 valence electrons. The number of para-hydroxylation sites is 2. The topological polar surface area (TPSA) is 81.5 Å². The fourth-order valence-electron chi connectivity index (χ4n) is 1.13. The number of anilines is 1. The zero-order valence-corrected chi connectivity index (χ0v) is 7.88. The minimum atomic E-state index is 0.0916. The highest BCUT2D eigenvalue weighted by Gasteiger charge is 2.04. The third-order valence-electron chi connectivity index (χ3n) is 1.82. The fourth-order valence-corrected chi connectivity index (χ4v) is 1.13. The summed E-state index contributed by atoms with van der Waals surface area (Å²) >= 11 is 0. The third kappa shape index (κ3) is 2.19. The fraction of sp³-hybridized carbons (Fsp3) is 0.100. The van der Waals surface area contributed by atoms with Gasteiger partial charge in [0.25, 0.3) is 0 Å². The van der Waals surface area contributed by atoms with Gasteiger partial charge in [0.2, 0.25) is 5.88 Å². The van der Waals surface area contributed by atoms with Crippen LogP contribution in [-0.2, 0) is 6.61 Å². The number of aromatic hydroxyl groups is 1. The molecule has 5 nitrogen and oxygen atoms in total. The molecule has 1 heterocycles. The van der Waals surface area contributed by atoms with Crippen molar-refractivity contribution >= 4 is 5.88 Å². The number of ether oxygens (including phenoxy) is 1. The summed E-state index contributed by atoms with van der Waals surface area (Å²) in [5.74, 6) is 0.735. The molecule has 0 saturated carbocycles. The van der Waals surface area contributed by atoms with Crippen LogP contribution < -0.4 is 10.5 Å². The highest BCUT2D eigenvalue weighted by Crippen LogP contribution is 2.25. The summed E-state index contributed by atoms with van der Waals surface area (Å²) in [4.78, 5) is 0. The number of phenols is 1. The van der Waals surface area contributed by atoms with Gasteiger partial charge >= 0.3 is 0 Å². The van der Waals surface area contributed by atoms with Crippen molar-refractivity contribution in [2.24, 2.45) is 0 Å². The maximum atomic E-state index is 9.40. The minimum absolute atomic E-state index is 0.0916. The summed E-state index contributed by atoms with van der Waals surface area (Å²) < 4.78 is 9.98. The molecule has 1 aromatic heterocycles. The molecule has 0 bridgehead atoms. The molecular weight excluding hydrogens is 196 g/mol. The van der Waals surface area contributed by atoms with E-state index in [9.17, 15) is 5.11 Å². The summed E-state index contributed by atoms with van der Waals surface area (Å²) in [5, 5.41) is 13.1. The quantitative estimate of drug-likeness (QED) is 0.796. The van der Waals surface area contributed by atoms with Crippen molar-refractivity contribution in [3.63, 3.8) is 0 Å². The first-order valence-electron chi connectivity index (χ1n) is 4.37. The van der Waals surface area contributed by atoms with Crippen LogP contribution in [0.3, 0.4) is 0 Å². The SMILES string of the molecule is Nc1cc(COc2ccccc2O)no1. The molecule has 15 heavy (non-hydrogen) atoms. The van der Waals surface area contributed by atoms with Crippen LogP contribution in [0.5, 0.6) is 11.5 Å². The minimum Gasteiger partial charge on any atom is -0.504 e. The Labute approximate surface area is 86.1 Å². The Morgan fingerprint density at radius 2 is 2.20 bits per heavy atom. The average molecular weight is 206 g/mol. The Bertz CT molecular complexity index is 453. The van der Waals surface area contributed by atoms with Gasteiger partial charge in [0.05, 0.1) is 0 Å². The van der Waals surface area contributed by atoms with Crippen LogP contribution in [0.1, 0.15) is 5.69 Å². The average Bonchev–Trinajstić information content (AvgIpc) is 2.63. The molecular formula is C10H10N2O3. The Morgan fingerprint density at radius 3 is 2.87 bits per heavy atom. The lowest BCUT2D eigenvalue weighted by molar-refractivity contribution is 0.276. The monoisotopic (exact) mass is 206 g/mol. The highest BCUT2D eigenvalue weighted by molar-refractivity contribution is 5.38. The lowest BCUT2D eigenvalue weighted by atomic mass is 10.3. The maximum absolute atomic E-state index is 9.40. The van der Waals surface area contributed by atoms with E-state index in [4.69, 9.17) is 10.5 Å². The van der Waals surface area contributed by atoms with Crippen molar-refractivity contribution in [3.8, 4) is 11.5 Å². The van der Waals surface area contributed by atoms with Crippen LogP contribution in [0.15, 0.2) is 34.9 Å². The van der Waals surface area contributed by atoms with Gasteiger partial charge in [-0.25, -0.2) is 0 Å². The van der Waals surface area contributed by atoms with E-state index in [-0.39, 0.29) is 18.2 Å². The Hall–Kier alpha value is -2.17. The normalized spacial score (nSPS) is 10.1. The Morgan fingerprint density at radius 1 is 1.40 bits per heavy atom. The third-order valence-corrected chi connectivity index (χ3v) is 1.82. The lowest BCUT2D eigenvalue weighted by Crippen LogP contribution is -1.95. The second-order valence-electron chi connectivity index (χ2n) is 2.98. The van der Waals surface area contributed by atoms with Crippen LogP contribution in [0.4, 0.5) is 5.88 Å². The van der Waals surface area contributed by atoms with Gasteiger partial charge in [0.15, 0.2) is 11.5 Å². The van der Waals surface area contributed by atoms with Gasteiger partial charge in [-0.3, -0.25) is 0 Å². The van der Waals surface area contributed by atoms with Crippen LogP contribution in [0.25, 0.3) is 0 Å². The van der Waals surface area contributed by atoms with Crippen LogP contribution in [0, 0.1) is 0 Å². The van der Waals surface area contributed by atoms with Gasteiger partial charge in [-0.1, -0.05) is 17.3 Å². The summed E-state index contributed by atoms with van der Waals surface area (Å²) in [6.45, 7) is 0.207. The molecule has 0 saturated heterocycles. The summed E-state index contributed by atoms with van der Waals surface area (Å²) in [7, 11) is 0. The number of nitrogen functional groups attached to an aromatic ring is 1. The van der Waals surface area contributed by atoms with E-state index >= 15 is 0 Å². The molecule has 0 fully saturated rings. The van der Waals surface area contributed by atoms with Crippen molar-refractivity contribution in [1.82, 2.24) is 5.16 Å². The molecule has 2 aromatic rings. The molecule has 0 aliphatic rings. The Balaban J connectivity index is 2.02. The molecule has 3 N–H and O–H groups in total. The standard InChI is InChI=1S/C10H10N2O3/c11-10-5-7(12-15-10)6-14-9-4-2-1-3-8(9)13/h1-5,13H,6,11H2. The van der Waals surface area contributed by atoms with Crippen molar-refractivity contribution < 1.29 is 14.4 Å². The first-order chi connectivity index (χ1) is 7.25. The first-order valence-corrected chi connectivity index (χ1v) is 4.37. The molecule has 0 radical (unpaired) electrons. The van der Waals surface area contributed by atoms with E-state index in [0.29, 0.717) is 11.4 Å². The highest BCUT2D eigenvalue weighted by atomic mass is 16.5. The van der Waals surface area contributed by atoms with E-state index < -0.39 is 0 Å². The van der Waals surface area contributed by atoms with Crippen LogP contribution in [-0.4, -0.2) is 10.3 Å². The molecule has 0 spiro atoms. The number of benzene rings is 1. The number of nitrogens with zero attached hydrogens (tertiary/aromatic N) is 1. The van der Waals surface area contributed by atoms with E-state index in [1.807, 2.05) is 0 Å². The second-order valence-corrected chi connectivity index (χ2v) is 2.98. The zero-order valence-electron chi connectivity index (χ0n) is 7.88. The second kappa shape index (κ2) is 3.91. The number of nitrogens with two attached hydrogens (primary N) is 1. The molecule has 2 rings (SSSR count). The zero-order chi connectivity index (χ0) is 10.7. The van der Waals surface area contributed by atoms with Gasteiger partial charge in [-0.15, -0.1) is 0 Å². The van der Waals surface area contributed by atoms with Gasteiger partial charge in [0, 0.05) is 6.07 Å².